The molecule has 3 heterocycles. The highest BCUT2D eigenvalue weighted by Gasteiger charge is 2.37. The maximum atomic E-state index is 13.5. The average Bonchev–Trinajstić information content (AvgIpc) is 3.41. The first kappa shape index (κ1) is 21.7. The number of amides is 1. The first-order chi connectivity index (χ1) is 16.4. The van der Waals surface area contributed by atoms with Gasteiger partial charge in [-0.3, -0.25) is 19.8 Å². The van der Waals surface area contributed by atoms with Gasteiger partial charge >= 0.3 is 0 Å². The van der Waals surface area contributed by atoms with Crippen molar-refractivity contribution in [2.75, 3.05) is 18.4 Å². The number of hydrogen-bond donors (Lipinski definition) is 2. The minimum absolute atomic E-state index is 0.120. The first-order valence-corrected chi connectivity index (χ1v) is 10.7. The van der Waals surface area contributed by atoms with Crippen molar-refractivity contribution < 1.29 is 13.6 Å². The second-order valence-electron chi connectivity index (χ2n) is 8.37. The Kier molecular flexibility index (Phi) is 5.51. The summed E-state index contributed by atoms with van der Waals surface area (Å²) < 4.78 is 27.0. The van der Waals surface area contributed by atoms with Crippen LogP contribution in [0.5, 0.6) is 0 Å². The van der Waals surface area contributed by atoms with Crippen molar-refractivity contribution >= 4 is 22.5 Å². The summed E-state index contributed by atoms with van der Waals surface area (Å²) in [4.78, 5) is 18.9. The van der Waals surface area contributed by atoms with Gasteiger partial charge in [-0.25, -0.2) is 8.78 Å². The molecule has 0 aliphatic carbocycles. The number of anilines is 1. The number of nitrogens with one attached hydrogen (secondary N) is 2. The summed E-state index contributed by atoms with van der Waals surface area (Å²) in [6, 6.07) is 16.1. The lowest BCUT2D eigenvalue weighted by atomic mass is 10.0. The number of alkyl halides is 2. The highest BCUT2D eigenvalue weighted by atomic mass is 19.3. The van der Waals surface area contributed by atoms with Crippen molar-refractivity contribution in [3.05, 3.63) is 77.7 Å². The van der Waals surface area contributed by atoms with Crippen LogP contribution in [0.15, 0.2) is 60.9 Å². The number of nitriles is 1. The molecule has 2 aromatic heterocycles. The quantitative estimate of drug-likeness (QED) is 0.456. The van der Waals surface area contributed by atoms with Gasteiger partial charge < -0.3 is 5.32 Å². The predicted octanol–water partition coefficient (Wildman–Crippen LogP) is 4.59. The van der Waals surface area contributed by atoms with Gasteiger partial charge in [0.05, 0.1) is 23.7 Å². The Morgan fingerprint density at radius 1 is 1.15 bits per heavy atom. The second kappa shape index (κ2) is 8.65. The molecule has 0 saturated carbocycles. The number of carbonyl (C=O) groups is 1. The topological polar surface area (TPSA) is 97.7 Å². The first-order valence-electron chi connectivity index (χ1n) is 10.7. The SMILES string of the molecule is N#Cc1ccc(NC(=O)c2n[nH]c3ccc(-c4cncc(CN5CCC(F)(F)C5)c4)cc23)cc1. The summed E-state index contributed by atoms with van der Waals surface area (Å²) in [5, 5.41) is 19.4. The zero-order chi connectivity index (χ0) is 23.7. The lowest BCUT2D eigenvalue weighted by Crippen LogP contribution is -2.24. The van der Waals surface area contributed by atoms with Gasteiger partial charge in [-0.2, -0.15) is 10.4 Å². The summed E-state index contributed by atoms with van der Waals surface area (Å²) in [5.74, 6) is -3.01. The van der Waals surface area contributed by atoms with Crippen molar-refractivity contribution in [2.24, 2.45) is 0 Å². The van der Waals surface area contributed by atoms with Gasteiger partial charge in [-0.1, -0.05) is 6.07 Å². The number of H-pyrrole nitrogens is 1. The molecule has 1 fully saturated rings. The summed E-state index contributed by atoms with van der Waals surface area (Å²) >= 11 is 0. The molecule has 4 aromatic rings. The molecule has 0 atom stereocenters. The van der Waals surface area contributed by atoms with Gasteiger partial charge in [0.25, 0.3) is 11.8 Å². The van der Waals surface area contributed by atoms with E-state index in [4.69, 9.17) is 5.26 Å². The van der Waals surface area contributed by atoms with Crippen LogP contribution < -0.4 is 5.32 Å². The van der Waals surface area contributed by atoms with E-state index in [1.165, 1.54) is 0 Å². The molecule has 9 heteroatoms. The normalized spacial score (nSPS) is 15.3. The van der Waals surface area contributed by atoms with Gasteiger partial charge in [0.1, 0.15) is 0 Å². The molecule has 0 unspecified atom stereocenters. The van der Waals surface area contributed by atoms with E-state index in [0.29, 0.717) is 35.2 Å². The maximum Gasteiger partial charge on any atom is 0.276 e. The standard InChI is InChI=1S/C25H20F2N6O/c26-25(27)7-8-33(15-25)14-17-9-19(13-29-12-17)18-3-6-22-21(10-18)23(32-31-22)24(34)30-20-4-1-16(11-28)2-5-20/h1-6,9-10,12-13H,7-8,14-15H2,(H,30,34)(H,31,32). The molecule has 2 N–H and O–H groups in total. The highest BCUT2D eigenvalue weighted by molar-refractivity contribution is 6.11. The Bertz CT molecular complexity index is 1410. The van der Waals surface area contributed by atoms with Crippen molar-refractivity contribution in [2.45, 2.75) is 18.9 Å². The molecule has 1 saturated heterocycles. The van der Waals surface area contributed by atoms with E-state index in [-0.39, 0.29) is 24.6 Å². The van der Waals surface area contributed by atoms with Gasteiger partial charge in [-0.05, 0) is 53.6 Å². The van der Waals surface area contributed by atoms with Crippen molar-refractivity contribution in [3.8, 4) is 17.2 Å². The lowest BCUT2D eigenvalue weighted by Gasteiger charge is -2.15. The molecule has 34 heavy (non-hydrogen) atoms. The lowest BCUT2D eigenvalue weighted by molar-refractivity contribution is 0.0115. The number of aromatic nitrogens is 3. The Morgan fingerprint density at radius 3 is 2.71 bits per heavy atom. The summed E-state index contributed by atoms with van der Waals surface area (Å²) in [5.41, 5.74) is 4.51. The number of nitrogens with zero attached hydrogens (tertiary/aromatic N) is 4. The smallest absolute Gasteiger partial charge is 0.276 e. The molecular weight excluding hydrogens is 438 g/mol. The molecule has 170 valence electrons. The molecule has 5 rings (SSSR count). The monoisotopic (exact) mass is 458 g/mol. The number of halogens is 2. The number of carbonyl (C=O) groups excluding carboxylic acids is 1. The predicted molar refractivity (Wildman–Crippen MR) is 123 cm³/mol. The van der Waals surface area contributed by atoms with Gasteiger partial charge in [0, 0.05) is 48.5 Å². The average molecular weight is 458 g/mol. The van der Waals surface area contributed by atoms with E-state index in [0.717, 1.165) is 16.7 Å². The van der Waals surface area contributed by atoms with Crippen LogP contribution in [0.3, 0.4) is 0 Å². The molecule has 0 bridgehead atoms. The van der Waals surface area contributed by atoms with Gasteiger partial charge in [-0.15, -0.1) is 0 Å². The van der Waals surface area contributed by atoms with E-state index in [9.17, 15) is 13.6 Å². The Labute approximate surface area is 194 Å². The zero-order valence-electron chi connectivity index (χ0n) is 18.1. The molecule has 2 aromatic carbocycles. The molecular formula is C25H20F2N6O. The van der Waals surface area contributed by atoms with Crippen LogP contribution in [0.25, 0.3) is 22.0 Å². The third kappa shape index (κ3) is 4.49. The van der Waals surface area contributed by atoms with Crippen LogP contribution in [-0.2, 0) is 6.54 Å². The van der Waals surface area contributed by atoms with Crippen LogP contribution in [0, 0.1) is 11.3 Å². The Morgan fingerprint density at radius 2 is 1.97 bits per heavy atom. The number of benzene rings is 2. The van der Waals surface area contributed by atoms with E-state index >= 15 is 0 Å². The number of fused-ring (bicyclic) bond motifs is 1. The van der Waals surface area contributed by atoms with Crippen LogP contribution >= 0.6 is 0 Å². The highest BCUT2D eigenvalue weighted by Crippen LogP contribution is 2.29. The summed E-state index contributed by atoms with van der Waals surface area (Å²) in [6.45, 7) is 0.522. The van der Waals surface area contributed by atoms with Gasteiger partial charge in [0.15, 0.2) is 5.69 Å². The largest absolute Gasteiger partial charge is 0.321 e. The van der Waals surface area contributed by atoms with Crippen LogP contribution in [0.4, 0.5) is 14.5 Å². The fourth-order valence-electron chi connectivity index (χ4n) is 4.12. The fourth-order valence-corrected chi connectivity index (χ4v) is 4.12. The Hall–Kier alpha value is -4.16. The maximum absolute atomic E-state index is 13.5. The summed E-state index contributed by atoms with van der Waals surface area (Å²) in [7, 11) is 0. The van der Waals surface area contributed by atoms with E-state index in [1.807, 2.05) is 30.3 Å². The van der Waals surface area contributed by atoms with Crippen molar-refractivity contribution in [3.63, 3.8) is 0 Å². The minimum atomic E-state index is -2.63. The third-order valence-electron chi connectivity index (χ3n) is 5.83. The van der Waals surface area contributed by atoms with Crippen molar-refractivity contribution in [1.82, 2.24) is 20.1 Å². The van der Waals surface area contributed by atoms with Gasteiger partial charge in [0.2, 0.25) is 0 Å². The zero-order valence-corrected chi connectivity index (χ0v) is 18.1. The molecule has 1 aliphatic rings. The number of pyridine rings is 1. The molecule has 1 aliphatic heterocycles. The number of rotatable bonds is 5. The number of hydrogen-bond acceptors (Lipinski definition) is 5. The molecule has 0 spiro atoms. The van der Waals surface area contributed by atoms with Crippen LogP contribution in [0.2, 0.25) is 0 Å². The van der Waals surface area contributed by atoms with E-state index < -0.39 is 5.92 Å². The third-order valence-corrected chi connectivity index (χ3v) is 5.83. The molecule has 7 nitrogen and oxygen atoms in total. The van der Waals surface area contributed by atoms with Crippen molar-refractivity contribution in [1.29, 1.82) is 5.26 Å². The minimum Gasteiger partial charge on any atom is -0.321 e. The molecule has 1 amide bonds. The fraction of sp³-hybridized carbons (Fsp3) is 0.200. The second-order valence-corrected chi connectivity index (χ2v) is 8.37. The van der Waals surface area contributed by atoms with E-state index in [1.54, 1.807) is 41.6 Å². The van der Waals surface area contributed by atoms with Crippen LogP contribution in [-0.4, -0.2) is 45.0 Å². The van der Waals surface area contributed by atoms with E-state index in [2.05, 4.69) is 20.5 Å². The summed E-state index contributed by atoms with van der Waals surface area (Å²) in [6.07, 6.45) is 3.28. The number of aromatic amines is 1. The molecule has 0 radical (unpaired) electrons. The van der Waals surface area contributed by atoms with Crippen LogP contribution in [0.1, 0.15) is 28.0 Å². The Balaban J connectivity index is 1.38. The number of likely N-dealkylation sites (tertiary alicyclic amines) is 1.